The monoisotopic (exact) mass is 472 g/mol. The fraction of sp³-hybridized carbons (Fsp3) is 0.588. The molecule has 31 heavy (non-hydrogen) atoms. The molecule has 0 bridgehead atoms. The van der Waals surface area contributed by atoms with Crippen LogP contribution in [0.3, 0.4) is 0 Å². The minimum atomic E-state index is -4.92. The summed E-state index contributed by atoms with van der Waals surface area (Å²) < 4.78 is 77.5. The van der Waals surface area contributed by atoms with Crippen LogP contribution in [0.5, 0.6) is 0 Å². The third-order valence-corrected chi connectivity index (χ3v) is 6.29. The summed E-state index contributed by atoms with van der Waals surface area (Å²) in [4.78, 5) is 40.6. The van der Waals surface area contributed by atoms with E-state index in [1.165, 1.54) is 16.7 Å². The van der Waals surface area contributed by atoms with Crippen LogP contribution in [0.2, 0.25) is 0 Å². The molecule has 0 unspecified atom stereocenters. The van der Waals surface area contributed by atoms with Gasteiger partial charge in [0.1, 0.15) is 11.4 Å². The lowest BCUT2D eigenvalue weighted by molar-refractivity contribution is -0.143. The van der Waals surface area contributed by atoms with E-state index in [9.17, 15) is 40.7 Å². The van der Waals surface area contributed by atoms with Crippen molar-refractivity contribution in [3.8, 4) is 0 Å². The summed E-state index contributed by atoms with van der Waals surface area (Å²) in [6.45, 7) is -0.537. The number of amides is 2. The van der Waals surface area contributed by atoms with Crippen LogP contribution in [0.4, 0.5) is 31.1 Å². The number of urea groups is 1. The second-order valence-corrected chi connectivity index (χ2v) is 8.35. The van der Waals surface area contributed by atoms with Gasteiger partial charge in [-0.1, -0.05) is 0 Å². The van der Waals surface area contributed by atoms with Gasteiger partial charge in [-0.25, -0.2) is 9.59 Å². The molecule has 3 rings (SSSR count). The smallest absolute Gasteiger partial charge is 0.326 e. The SMILES string of the molecule is Cc1c(CN2CCN(C)C2=O)sc2c1c(=O)n(CC(F)(F)F)c(=O)n2CCC(F)(F)F. The molecule has 1 aliphatic rings. The molecule has 2 aromatic heterocycles. The highest BCUT2D eigenvalue weighted by molar-refractivity contribution is 7.18. The Labute approximate surface area is 175 Å². The number of nitrogens with zero attached hydrogens (tertiary/aromatic N) is 4. The van der Waals surface area contributed by atoms with Gasteiger partial charge in [-0.05, 0) is 12.5 Å². The van der Waals surface area contributed by atoms with Crippen molar-refractivity contribution >= 4 is 27.6 Å². The minimum absolute atomic E-state index is 0.0283. The Hall–Kier alpha value is -2.51. The molecule has 0 radical (unpaired) electrons. The molecule has 0 N–H and O–H groups in total. The number of hydrogen-bond donors (Lipinski definition) is 0. The number of aryl methyl sites for hydroxylation is 2. The summed E-state index contributed by atoms with van der Waals surface area (Å²) in [5.74, 6) is 0. The molecule has 0 aromatic carbocycles. The van der Waals surface area contributed by atoms with Gasteiger partial charge in [0, 0.05) is 31.6 Å². The third-order valence-electron chi connectivity index (χ3n) is 4.99. The maximum absolute atomic E-state index is 12.9. The second kappa shape index (κ2) is 7.88. The molecule has 1 saturated heterocycles. The number of rotatable bonds is 5. The summed E-state index contributed by atoms with van der Waals surface area (Å²) >= 11 is 0.835. The molecule has 7 nitrogen and oxygen atoms in total. The Balaban J connectivity index is 2.17. The Kier molecular flexibility index (Phi) is 5.88. The third kappa shape index (κ3) is 4.72. The standard InChI is InChI=1S/C17H18F6N4O3S/c1-9-10(7-25-6-5-24(2)14(25)29)31-13-11(9)12(28)27(8-17(21,22)23)15(30)26(13)4-3-16(18,19)20/h3-8H2,1-2H3. The fourth-order valence-electron chi connectivity index (χ4n) is 3.37. The number of hydrogen-bond acceptors (Lipinski definition) is 4. The van der Waals surface area contributed by atoms with E-state index in [0.29, 0.717) is 22.5 Å². The van der Waals surface area contributed by atoms with Crippen LogP contribution >= 0.6 is 11.3 Å². The molecule has 1 aliphatic heterocycles. The number of halogens is 6. The van der Waals surface area contributed by atoms with Crippen molar-refractivity contribution in [2.45, 2.75) is 45.3 Å². The summed E-state index contributed by atoms with van der Waals surface area (Å²) in [5.41, 5.74) is -2.43. The highest BCUT2D eigenvalue weighted by Gasteiger charge is 2.33. The Morgan fingerprint density at radius 2 is 1.61 bits per heavy atom. The van der Waals surface area contributed by atoms with Gasteiger partial charge in [0.2, 0.25) is 0 Å². The van der Waals surface area contributed by atoms with E-state index >= 15 is 0 Å². The van der Waals surface area contributed by atoms with Crippen molar-refractivity contribution in [1.29, 1.82) is 0 Å². The van der Waals surface area contributed by atoms with Gasteiger partial charge in [0.05, 0.1) is 18.4 Å². The van der Waals surface area contributed by atoms with Crippen molar-refractivity contribution < 1.29 is 31.1 Å². The molecule has 3 heterocycles. The summed E-state index contributed by atoms with van der Waals surface area (Å²) in [5, 5.41) is -0.244. The number of alkyl halides is 6. The minimum Gasteiger partial charge on any atom is -0.326 e. The van der Waals surface area contributed by atoms with Gasteiger partial charge in [-0.2, -0.15) is 26.3 Å². The van der Waals surface area contributed by atoms with Gasteiger partial charge in [-0.15, -0.1) is 11.3 Å². The molecule has 1 fully saturated rings. The highest BCUT2D eigenvalue weighted by atomic mass is 32.1. The van der Waals surface area contributed by atoms with E-state index in [2.05, 4.69) is 0 Å². The number of carbonyl (C=O) groups is 1. The van der Waals surface area contributed by atoms with Crippen LogP contribution in [0.1, 0.15) is 16.9 Å². The zero-order valence-electron chi connectivity index (χ0n) is 16.4. The summed E-state index contributed by atoms with van der Waals surface area (Å²) in [7, 11) is 1.59. The van der Waals surface area contributed by atoms with Gasteiger partial charge in [-0.3, -0.25) is 13.9 Å². The quantitative estimate of drug-likeness (QED) is 0.629. The maximum Gasteiger partial charge on any atom is 0.406 e. The van der Waals surface area contributed by atoms with Crippen molar-refractivity contribution in [3.05, 3.63) is 31.3 Å². The van der Waals surface area contributed by atoms with Crippen LogP contribution < -0.4 is 11.2 Å². The predicted molar refractivity (Wildman–Crippen MR) is 100 cm³/mol. The van der Waals surface area contributed by atoms with E-state index < -0.39 is 43.1 Å². The lowest BCUT2D eigenvalue weighted by Crippen LogP contribution is -2.43. The first-order chi connectivity index (χ1) is 14.2. The van der Waals surface area contributed by atoms with E-state index in [0.717, 1.165) is 11.3 Å². The largest absolute Gasteiger partial charge is 0.406 e. The average molecular weight is 472 g/mol. The molecule has 2 aromatic rings. The number of fused-ring (bicyclic) bond motifs is 1. The molecule has 0 atom stereocenters. The topological polar surface area (TPSA) is 67.6 Å². The van der Waals surface area contributed by atoms with Gasteiger partial charge >= 0.3 is 24.1 Å². The summed E-state index contributed by atoms with van der Waals surface area (Å²) in [6, 6.07) is -0.291. The summed E-state index contributed by atoms with van der Waals surface area (Å²) in [6.07, 6.45) is -11.0. The van der Waals surface area contributed by atoms with Crippen LogP contribution in [0.25, 0.3) is 10.2 Å². The number of thiophene rings is 1. The van der Waals surface area contributed by atoms with E-state index in [1.54, 1.807) is 7.05 Å². The highest BCUT2D eigenvalue weighted by Crippen LogP contribution is 2.31. The van der Waals surface area contributed by atoms with Crippen LogP contribution in [0.15, 0.2) is 9.59 Å². The first kappa shape index (κ1) is 23.2. The molecule has 0 saturated carbocycles. The molecular weight excluding hydrogens is 454 g/mol. The molecule has 0 aliphatic carbocycles. The lowest BCUT2D eigenvalue weighted by atomic mass is 10.2. The normalized spacial score (nSPS) is 15.5. The van der Waals surface area contributed by atoms with Gasteiger partial charge in [0.15, 0.2) is 0 Å². The number of carbonyl (C=O) groups excluding carboxylic acids is 1. The maximum atomic E-state index is 12.9. The first-order valence-corrected chi connectivity index (χ1v) is 9.90. The van der Waals surface area contributed by atoms with E-state index in [4.69, 9.17) is 0 Å². The Morgan fingerprint density at radius 3 is 2.13 bits per heavy atom. The Morgan fingerprint density at radius 1 is 0.968 bits per heavy atom. The van der Waals surface area contributed by atoms with Gasteiger partial charge in [0.25, 0.3) is 5.56 Å². The van der Waals surface area contributed by atoms with Crippen molar-refractivity contribution in [1.82, 2.24) is 18.9 Å². The Bertz CT molecular complexity index is 1130. The molecule has 0 spiro atoms. The fourth-order valence-corrected chi connectivity index (χ4v) is 4.70. The molecule has 2 amide bonds. The van der Waals surface area contributed by atoms with Crippen molar-refractivity contribution in [3.63, 3.8) is 0 Å². The zero-order valence-corrected chi connectivity index (χ0v) is 17.2. The number of aromatic nitrogens is 2. The molecule has 14 heteroatoms. The van der Waals surface area contributed by atoms with Crippen LogP contribution in [-0.4, -0.2) is 57.5 Å². The van der Waals surface area contributed by atoms with E-state index in [1.807, 2.05) is 0 Å². The van der Waals surface area contributed by atoms with Gasteiger partial charge < -0.3 is 9.80 Å². The first-order valence-electron chi connectivity index (χ1n) is 9.09. The average Bonchev–Trinajstić information content (AvgIpc) is 3.11. The van der Waals surface area contributed by atoms with Crippen molar-refractivity contribution in [2.75, 3.05) is 20.1 Å². The number of likely N-dealkylation sites (N-methyl/N-ethyl adjacent to an activating group) is 1. The van der Waals surface area contributed by atoms with Crippen LogP contribution in [-0.2, 0) is 19.6 Å². The lowest BCUT2D eigenvalue weighted by Gasteiger charge is -2.15. The van der Waals surface area contributed by atoms with Crippen molar-refractivity contribution in [2.24, 2.45) is 0 Å². The zero-order chi connectivity index (χ0) is 23.3. The molecular formula is C17H18F6N4O3S. The van der Waals surface area contributed by atoms with E-state index in [-0.39, 0.29) is 32.9 Å². The second-order valence-electron chi connectivity index (χ2n) is 7.26. The predicted octanol–water partition coefficient (Wildman–Crippen LogP) is 2.92. The molecule has 172 valence electrons. The van der Waals surface area contributed by atoms with Crippen LogP contribution in [0, 0.1) is 6.92 Å².